The molecule has 1 N–H and O–H groups in total. The molecule has 0 spiro atoms. The first-order chi connectivity index (χ1) is 10.9. The van der Waals surface area contributed by atoms with Crippen molar-refractivity contribution in [2.24, 2.45) is 0 Å². The maximum atomic E-state index is 12.1. The number of hydrogen-bond donors (Lipinski definition) is 1. The van der Waals surface area contributed by atoms with Crippen molar-refractivity contribution in [3.63, 3.8) is 0 Å². The topological polar surface area (TPSA) is 107 Å². The molecule has 0 saturated carbocycles. The van der Waals surface area contributed by atoms with Crippen molar-refractivity contribution in [3.05, 3.63) is 67.9 Å². The molecule has 1 amide bonds. The molecule has 0 radical (unpaired) electrons. The number of nitrogens with one attached hydrogen (secondary N) is 1. The number of aryl methyl sites for hydroxylation is 1. The van der Waals surface area contributed by atoms with Crippen LogP contribution in [0.2, 0.25) is 0 Å². The summed E-state index contributed by atoms with van der Waals surface area (Å²) in [5.41, 5.74) is 0.884. The summed E-state index contributed by atoms with van der Waals surface area (Å²) in [5.74, 6) is -0.417. The van der Waals surface area contributed by atoms with Gasteiger partial charge in [-0.3, -0.25) is 24.3 Å². The van der Waals surface area contributed by atoms with Gasteiger partial charge in [-0.05, 0) is 19.9 Å². The van der Waals surface area contributed by atoms with E-state index in [1.165, 1.54) is 42.1 Å². The fourth-order valence-electron chi connectivity index (χ4n) is 2.14. The highest BCUT2D eigenvalue weighted by Gasteiger charge is 2.17. The van der Waals surface area contributed by atoms with E-state index >= 15 is 0 Å². The van der Waals surface area contributed by atoms with E-state index in [9.17, 15) is 19.7 Å². The second-order valence-electron chi connectivity index (χ2n) is 5.02. The van der Waals surface area contributed by atoms with Gasteiger partial charge < -0.3 is 5.32 Å². The molecule has 8 heteroatoms. The fraction of sp³-hybridized carbons (Fsp3) is 0.267. The van der Waals surface area contributed by atoms with Gasteiger partial charge in [0.1, 0.15) is 0 Å². The van der Waals surface area contributed by atoms with Gasteiger partial charge >= 0.3 is 0 Å². The summed E-state index contributed by atoms with van der Waals surface area (Å²) < 4.78 is 1.38. The number of nitrogens with zero attached hydrogens (tertiary/aromatic N) is 3. The van der Waals surface area contributed by atoms with Crippen LogP contribution in [0.4, 0.5) is 5.69 Å². The minimum absolute atomic E-state index is 0.100. The molecule has 0 aliphatic rings. The minimum atomic E-state index is -0.524. The van der Waals surface area contributed by atoms with Crippen LogP contribution < -0.4 is 10.9 Å². The predicted octanol–water partition coefficient (Wildman–Crippen LogP) is 1.20. The number of nitro benzene ring substituents is 1. The molecular formula is C15H16N4O4. The van der Waals surface area contributed by atoms with Crippen molar-refractivity contribution in [1.29, 1.82) is 0 Å². The summed E-state index contributed by atoms with van der Waals surface area (Å²) in [6, 6.07) is 5.75. The van der Waals surface area contributed by atoms with Gasteiger partial charge in [0.2, 0.25) is 0 Å². The lowest BCUT2D eigenvalue weighted by Crippen LogP contribution is -2.31. The molecule has 120 valence electrons. The van der Waals surface area contributed by atoms with Gasteiger partial charge in [-0.2, -0.15) is 0 Å². The molecule has 1 heterocycles. The molecule has 2 aromatic rings. The number of carbonyl (C=O) groups is 1. The summed E-state index contributed by atoms with van der Waals surface area (Å²) in [6.45, 7) is 3.73. The Kier molecular flexibility index (Phi) is 4.85. The zero-order valence-corrected chi connectivity index (χ0v) is 12.8. The van der Waals surface area contributed by atoms with Crippen LogP contribution in [0, 0.1) is 24.0 Å². The second-order valence-corrected chi connectivity index (χ2v) is 5.02. The van der Waals surface area contributed by atoms with Crippen LogP contribution >= 0.6 is 0 Å². The lowest BCUT2D eigenvalue weighted by Gasteiger charge is -2.09. The Morgan fingerprint density at radius 2 is 2.13 bits per heavy atom. The number of aromatic nitrogens is 2. The Labute approximate surface area is 131 Å². The van der Waals surface area contributed by atoms with E-state index in [0.29, 0.717) is 11.3 Å². The average molecular weight is 316 g/mol. The van der Waals surface area contributed by atoms with Crippen molar-refractivity contribution in [2.75, 3.05) is 6.54 Å². The fourth-order valence-corrected chi connectivity index (χ4v) is 2.14. The molecule has 0 saturated heterocycles. The Balaban J connectivity index is 2.04. The summed E-state index contributed by atoms with van der Waals surface area (Å²) >= 11 is 0. The van der Waals surface area contributed by atoms with Crippen LogP contribution in [0.3, 0.4) is 0 Å². The molecule has 2 rings (SSSR count). The van der Waals surface area contributed by atoms with E-state index in [1.807, 2.05) is 0 Å². The van der Waals surface area contributed by atoms with Crippen molar-refractivity contribution in [1.82, 2.24) is 14.9 Å². The normalized spacial score (nSPS) is 10.3. The third-order valence-electron chi connectivity index (χ3n) is 3.40. The number of benzene rings is 1. The van der Waals surface area contributed by atoms with Gasteiger partial charge in [-0.15, -0.1) is 0 Å². The average Bonchev–Trinajstić information content (AvgIpc) is 2.49. The number of amides is 1. The summed E-state index contributed by atoms with van der Waals surface area (Å²) in [7, 11) is 0. The lowest BCUT2D eigenvalue weighted by atomic mass is 10.1. The Hall–Kier alpha value is -3.03. The van der Waals surface area contributed by atoms with Crippen LogP contribution in [-0.2, 0) is 6.54 Å². The first-order valence-corrected chi connectivity index (χ1v) is 6.95. The van der Waals surface area contributed by atoms with Crippen LogP contribution in [0.15, 0.2) is 35.4 Å². The Morgan fingerprint density at radius 3 is 2.78 bits per heavy atom. The molecule has 0 aliphatic carbocycles. The maximum absolute atomic E-state index is 12.1. The summed E-state index contributed by atoms with van der Waals surface area (Å²) in [4.78, 5) is 38.2. The quantitative estimate of drug-likeness (QED) is 0.659. The Bertz CT molecular complexity index is 813. The molecule has 0 fully saturated rings. The third-order valence-corrected chi connectivity index (χ3v) is 3.40. The second kappa shape index (κ2) is 6.82. The van der Waals surface area contributed by atoms with Crippen LogP contribution in [0.5, 0.6) is 0 Å². The third kappa shape index (κ3) is 3.79. The standard InChI is InChI=1S/C15H16N4O4/c1-10-8-14(20)18(9-17-10)7-6-16-15(21)12-4-3-5-13(11(12)2)19(22)23/h3-5,8-9H,6-7H2,1-2H3,(H,16,21). The van der Waals surface area contributed by atoms with Gasteiger partial charge in [-0.25, -0.2) is 4.98 Å². The number of nitro groups is 1. The van der Waals surface area contributed by atoms with Crippen molar-refractivity contribution >= 4 is 11.6 Å². The number of rotatable bonds is 5. The van der Waals surface area contributed by atoms with E-state index in [-0.39, 0.29) is 29.9 Å². The summed E-state index contributed by atoms with van der Waals surface area (Å²) in [6.07, 6.45) is 1.42. The monoisotopic (exact) mass is 316 g/mol. The van der Waals surface area contributed by atoms with Crippen molar-refractivity contribution in [2.45, 2.75) is 20.4 Å². The molecule has 0 atom stereocenters. The van der Waals surface area contributed by atoms with Gasteiger partial charge in [0, 0.05) is 42.0 Å². The predicted molar refractivity (Wildman–Crippen MR) is 83.4 cm³/mol. The van der Waals surface area contributed by atoms with Crippen LogP contribution in [0.1, 0.15) is 21.6 Å². The summed E-state index contributed by atoms with van der Waals surface area (Å²) in [5, 5.41) is 13.5. The molecule has 23 heavy (non-hydrogen) atoms. The van der Waals surface area contributed by atoms with Crippen molar-refractivity contribution < 1.29 is 9.72 Å². The highest BCUT2D eigenvalue weighted by molar-refractivity contribution is 5.96. The molecule has 0 unspecified atom stereocenters. The highest BCUT2D eigenvalue weighted by atomic mass is 16.6. The van der Waals surface area contributed by atoms with E-state index in [2.05, 4.69) is 10.3 Å². The van der Waals surface area contributed by atoms with Crippen LogP contribution in [0.25, 0.3) is 0 Å². The van der Waals surface area contributed by atoms with E-state index in [0.717, 1.165) is 0 Å². The van der Waals surface area contributed by atoms with Crippen LogP contribution in [-0.4, -0.2) is 26.9 Å². The SMILES string of the molecule is Cc1cc(=O)n(CCNC(=O)c2cccc([N+](=O)[O-])c2C)cn1. The van der Waals surface area contributed by atoms with Gasteiger partial charge in [0.15, 0.2) is 0 Å². The molecule has 1 aromatic heterocycles. The minimum Gasteiger partial charge on any atom is -0.350 e. The maximum Gasteiger partial charge on any atom is 0.273 e. The first kappa shape index (κ1) is 16.3. The first-order valence-electron chi connectivity index (χ1n) is 6.95. The molecule has 8 nitrogen and oxygen atoms in total. The van der Waals surface area contributed by atoms with Gasteiger partial charge in [0.05, 0.1) is 11.3 Å². The van der Waals surface area contributed by atoms with Gasteiger partial charge in [0.25, 0.3) is 17.2 Å². The Morgan fingerprint density at radius 1 is 1.39 bits per heavy atom. The lowest BCUT2D eigenvalue weighted by molar-refractivity contribution is -0.385. The zero-order chi connectivity index (χ0) is 17.0. The largest absolute Gasteiger partial charge is 0.350 e. The molecule has 1 aromatic carbocycles. The van der Waals surface area contributed by atoms with Crippen molar-refractivity contribution in [3.8, 4) is 0 Å². The van der Waals surface area contributed by atoms with E-state index < -0.39 is 10.8 Å². The van der Waals surface area contributed by atoms with E-state index in [4.69, 9.17) is 0 Å². The highest BCUT2D eigenvalue weighted by Crippen LogP contribution is 2.20. The number of carbonyl (C=O) groups excluding carboxylic acids is 1. The molecule has 0 aliphatic heterocycles. The van der Waals surface area contributed by atoms with E-state index in [1.54, 1.807) is 6.92 Å². The van der Waals surface area contributed by atoms with Gasteiger partial charge in [-0.1, -0.05) is 6.07 Å². The smallest absolute Gasteiger partial charge is 0.273 e. The zero-order valence-electron chi connectivity index (χ0n) is 12.8. The molecular weight excluding hydrogens is 300 g/mol. The number of hydrogen-bond acceptors (Lipinski definition) is 5. The molecule has 0 bridgehead atoms.